The smallest absolute Gasteiger partial charge is 0.333 e. The Hall–Kier alpha value is -1.84. The molecule has 1 amide bonds. The van der Waals surface area contributed by atoms with Crippen LogP contribution in [0.1, 0.15) is 30.5 Å². The fourth-order valence-electron chi connectivity index (χ4n) is 1.86. The highest BCUT2D eigenvalue weighted by molar-refractivity contribution is 5.87. The second-order valence-corrected chi connectivity index (χ2v) is 4.43. The summed E-state index contributed by atoms with van der Waals surface area (Å²) in [6.45, 7) is 6.53. The van der Waals surface area contributed by atoms with Crippen molar-refractivity contribution in [1.29, 1.82) is 0 Å². The lowest BCUT2D eigenvalue weighted by Crippen LogP contribution is -2.49. The highest BCUT2D eigenvalue weighted by Crippen LogP contribution is 2.25. The molecule has 0 aliphatic rings. The molecule has 1 unspecified atom stereocenters. The van der Waals surface area contributed by atoms with Crippen LogP contribution in [0.5, 0.6) is 0 Å². The summed E-state index contributed by atoms with van der Waals surface area (Å²) in [5.74, 6) is -1.43. The molecule has 0 aromatic heterocycles. The highest BCUT2D eigenvalue weighted by atomic mass is 16.4. The van der Waals surface area contributed by atoms with Crippen molar-refractivity contribution in [2.24, 2.45) is 0 Å². The van der Waals surface area contributed by atoms with Crippen LogP contribution in [-0.2, 0) is 15.1 Å². The van der Waals surface area contributed by atoms with Gasteiger partial charge in [-0.05, 0) is 31.9 Å². The zero-order chi connectivity index (χ0) is 13.2. The van der Waals surface area contributed by atoms with E-state index in [4.69, 9.17) is 0 Å². The minimum Gasteiger partial charge on any atom is -0.479 e. The van der Waals surface area contributed by atoms with Crippen LogP contribution < -0.4 is 5.32 Å². The molecular formula is C13H17NO3. The first-order valence-electron chi connectivity index (χ1n) is 5.37. The van der Waals surface area contributed by atoms with Crippen LogP contribution in [0.25, 0.3) is 0 Å². The third-order valence-electron chi connectivity index (χ3n) is 2.79. The lowest BCUT2D eigenvalue weighted by Gasteiger charge is -2.28. The quantitative estimate of drug-likeness (QED) is 0.838. The predicted molar refractivity (Wildman–Crippen MR) is 64.7 cm³/mol. The molecule has 2 N–H and O–H groups in total. The first-order valence-corrected chi connectivity index (χ1v) is 5.37. The molecular weight excluding hydrogens is 218 g/mol. The summed E-state index contributed by atoms with van der Waals surface area (Å²) >= 11 is 0. The number of carbonyl (C=O) groups excluding carboxylic acids is 1. The molecule has 0 saturated carbocycles. The van der Waals surface area contributed by atoms with E-state index in [-0.39, 0.29) is 5.91 Å². The van der Waals surface area contributed by atoms with Crippen LogP contribution in [0.4, 0.5) is 0 Å². The van der Waals surface area contributed by atoms with Crippen molar-refractivity contribution in [2.45, 2.75) is 33.2 Å². The fraction of sp³-hybridized carbons (Fsp3) is 0.385. The molecule has 0 aliphatic carbocycles. The van der Waals surface area contributed by atoms with E-state index in [2.05, 4.69) is 5.32 Å². The summed E-state index contributed by atoms with van der Waals surface area (Å²) in [7, 11) is 0. The number of carboxylic acids is 1. The minimum absolute atomic E-state index is 0.365. The fourth-order valence-corrected chi connectivity index (χ4v) is 1.86. The van der Waals surface area contributed by atoms with Gasteiger partial charge in [0, 0.05) is 6.92 Å². The first kappa shape index (κ1) is 13.2. The van der Waals surface area contributed by atoms with Crippen LogP contribution >= 0.6 is 0 Å². The van der Waals surface area contributed by atoms with Crippen LogP contribution in [-0.4, -0.2) is 17.0 Å². The van der Waals surface area contributed by atoms with Crippen molar-refractivity contribution in [2.75, 3.05) is 0 Å². The average molecular weight is 235 g/mol. The van der Waals surface area contributed by atoms with Gasteiger partial charge in [-0.1, -0.05) is 23.8 Å². The van der Waals surface area contributed by atoms with E-state index in [1.54, 1.807) is 6.07 Å². The third kappa shape index (κ3) is 2.64. The summed E-state index contributed by atoms with van der Waals surface area (Å²) in [6.07, 6.45) is 0. The first-order chi connectivity index (χ1) is 7.77. The number of carboxylic acid groups (broad SMARTS) is 1. The Morgan fingerprint density at radius 1 is 1.29 bits per heavy atom. The van der Waals surface area contributed by atoms with Crippen molar-refractivity contribution in [1.82, 2.24) is 5.32 Å². The molecule has 17 heavy (non-hydrogen) atoms. The van der Waals surface area contributed by atoms with Crippen molar-refractivity contribution in [3.63, 3.8) is 0 Å². The van der Waals surface area contributed by atoms with Gasteiger partial charge in [-0.3, -0.25) is 4.79 Å². The summed E-state index contributed by atoms with van der Waals surface area (Å²) in [5, 5.41) is 11.8. The Balaban J connectivity index is 3.36. The maximum atomic E-state index is 11.4. The molecule has 1 aromatic carbocycles. The van der Waals surface area contributed by atoms with Gasteiger partial charge in [-0.2, -0.15) is 0 Å². The maximum absolute atomic E-state index is 11.4. The number of aliphatic carboxylic acids is 1. The lowest BCUT2D eigenvalue weighted by atomic mass is 9.87. The van der Waals surface area contributed by atoms with Gasteiger partial charge >= 0.3 is 5.97 Å². The molecule has 4 nitrogen and oxygen atoms in total. The van der Waals surface area contributed by atoms with Gasteiger partial charge in [0.05, 0.1) is 0 Å². The molecule has 0 spiro atoms. The van der Waals surface area contributed by atoms with E-state index in [0.29, 0.717) is 5.56 Å². The van der Waals surface area contributed by atoms with Crippen LogP contribution in [0.15, 0.2) is 18.2 Å². The molecule has 0 radical (unpaired) electrons. The number of carbonyl (C=O) groups is 2. The van der Waals surface area contributed by atoms with Crippen LogP contribution in [0, 0.1) is 13.8 Å². The Morgan fingerprint density at radius 3 is 2.35 bits per heavy atom. The van der Waals surface area contributed by atoms with Gasteiger partial charge in [-0.25, -0.2) is 4.79 Å². The second-order valence-electron chi connectivity index (χ2n) is 4.43. The number of nitrogens with one attached hydrogen (secondary N) is 1. The Labute approximate surface area is 101 Å². The SMILES string of the molecule is CC(=O)NC(C)(C(=O)O)c1cc(C)ccc1C. The second kappa shape index (κ2) is 4.57. The maximum Gasteiger partial charge on any atom is 0.333 e. The van der Waals surface area contributed by atoms with Crippen LogP contribution in [0.3, 0.4) is 0 Å². The van der Waals surface area contributed by atoms with Gasteiger partial charge < -0.3 is 10.4 Å². The molecule has 0 saturated heterocycles. The normalized spacial score (nSPS) is 13.9. The molecule has 0 aliphatic heterocycles. The Morgan fingerprint density at radius 2 is 1.88 bits per heavy atom. The standard InChI is InChI=1S/C13H17NO3/c1-8-5-6-9(2)11(7-8)13(4,12(16)17)14-10(3)15/h5-7H,1-4H3,(H,14,15)(H,16,17). The topological polar surface area (TPSA) is 66.4 Å². The monoisotopic (exact) mass is 235 g/mol. The lowest BCUT2D eigenvalue weighted by molar-refractivity contribution is -0.147. The highest BCUT2D eigenvalue weighted by Gasteiger charge is 2.37. The predicted octanol–water partition coefficient (Wildman–Crippen LogP) is 1.74. The number of hydrogen-bond acceptors (Lipinski definition) is 2. The van der Waals surface area contributed by atoms with Crippen LogP contribution in [0.2, 0.25) is 0 Å². The number of hydrogen-bond donors (Lipinski definition) is 2. The van der Waals surface area contributed by atoms with Gasteiger partial charge in [0.2, 0.25) is 5.91 Å². The average Bonchev–Trinajstić information content (AvgIpc) is 2.20. The van der Waals surface area contributed by atoms with Crippen molar-refractivity contribution in [3.05, 3.63) is 34.9 Å². The van der Waals surface area contributed by atoms with E-state index in [1.165, 1.54) is 13.8 Å². The summed E-state index contributed by atoms with van der Waals surface area (Å²) in [4.78, 5) is 22.6. The van der Waals surface area contributed by atoms with E-state index in [9.17, 15) is 14.7 Å². The van der Waals surface area contributed by atoms with E-state index in [0.717, 1.165) is 11.1 Å². The Bertz CT molecular complexity index is 468. The van der Waals surface area contributed by atoms with Gasteiger partial charge in [0.15, 0.2) is 5.54 Å². The molecule has 1 aromatic rings. The van der Waals surface area contributed by atoms with Crippen molar-refractivity contribution < 1.29 is 14.7 Å². The molecule has 1 atom stereocenters. The molecule has 4 heteroatoms. The molecule has 92 valence electrons. The molecule has 0 heterocycles. The van der Waals surface area contributed by atoms with Gasteiger partial charge in [0.1, 0.15) is 0 Å². The summed E-state index contributed by atoms with van der Waals surface area (Å²) in [6, 6.07) is 5.56. The zero-order valence-corrected chi connectivity index (χ0v) is 10.5. The largest absolute Gasteiger partial charge is 0.479 e. The number of aryl methyl sites for hydroxylation is 2. The summed E-state index contributed by atoms with van der Waals surface area (Å²) < 4.78 is 0. The van der Waals surface area contributed by atoms with Crippen molar-refractivity contribution >= 4 is 11.9 Å². The van der Waals surface area contributed by atoms with E-state index >= 15 is 0 Å². The minimum atomic E-state index is -1.39. The van der Waals surface area contributed by atoms with Crippen molar-refractivity contribution in [3.8, 4) is 0 Å². The molecule has 0 fully saturated rings. The Kier molecular flexibility index (Phi) is 3.56. The van der Waals surface area contributed by atoms with E-state index < -0.39 is 11.5 Å². The van der Waals surface area contributed by atoms with Gasteiger partial charge in [0.25, 0.3) is 0 Å². The van der Waals surface area contributed by atoms with E-state index in [1.807, 2.05) is 26.0 Å². The number of benzene rings is 1. The van der Waals surface area contributed by atoms with Gasteiger partial charge in [-0.15, -0.1) is 0 Å². The summed E-state index contributed by atoms with van der Waals surface area (Å²) in [5.41, 5.74) is 1.03. The third-order valence-corrected chi connectivity index (χ3v) is 2.79. The number of amides is 1. The number of rotatable bonds is 3. The molecule has 1 rings (SSSR count). The zero-order valence-electron chi connectivity index (χ0n) is 10.5. The molecule has 0 bridgehead atoms.